The molecule has 3 atom stereocenters. The molecule has 18 nitrogen and oxygen atoms in total. The Labute approximate surface area is 282 Å². The van der Waals surface area contributed by atoms with E-state index in [1.54, 1.807) is 30.6 Å². The van der Waals surface area contributed by atoms with Gasteiger partial charge >= 0.3 is 22.5 Å². The number of amides is 2. The number of nitrogen functional groups attached to an aromatic ring is 1. The second kappa shape index (κ2) is 17.0. The average Bonchev–Trinajstić information content (AvgIpc) is 3.46. The number of thioether (sulfide) groups is 1. The highest BCUT2D eigenvalue weighted by Gasteiger charge is 2.54. The van der Waals surface area contributed by atoms with Gasteiger partial charge in [-0.15, -0.1) is 23.1 Å². The minimum atomic E-state index is -4.67. The Morgan fingerprint density at radius 2 is 1.90 bits per heavy atom. The fourth-order valence-corrected chi connectivity index (χ4v) is 6.10. The number of anilines is 1. The third-order valence-corrected chi connectivity index (χ3v) is 8.40. The molecule has 48 heavy (non-hydrogen) atoms. The molecule has 4 heterocycles. The summed E-state index contributed by atoms with van der Waals surface area (Å²) in [6.07, 6.45) is 5.21. The van der Waals surface area contributed by atoms with Crippen molar-refractivity contribution in [2.45, 2.75) is 57.4 Å². The molecule has 6 N–H and O–H groups in total. The first-order valence-corrected chi connectivity index (χ1v) is 17.3. The molecule has 2 amide bonds. The van der Waals surface area contributed by atoms with Crippen LogP contribution >= 0.6 is 23.1 Å². The van der Waals surface area contributed by atoms with Crippen molar-refractivity contribution in [3.8, 4) is 0 Å². The van der Waals surface area contributed by atoms with Crippen molar-refractivity contribution in [2.75, 3.05) is 11.5 Å². The van der Waals surface area contributed by atoms with E-state index in [2.05, 4.69) is 20.4 Å². The molecule has 260 valence electrons. The average molecular weight is 729 g/mol. The van der Waals surface area contributed by atoms with Crippen molar-refractivity contribution in [1.82, 2.24) is 20.2 Å². The number of β-lactam (4-membered cyclic amide) rings is 1. The third kappa shape index (κ3) is 10.5. The Morgan fingerprint density at radius 1 is 1.21 bits per heavy atom. The van der Waals surface area contributed by atoms with E-state index in [4.69, 9.17) is 37.5 Å². The summed E-state index contributed by atoms with van der Waals surface area (Å²) in [6, 6.07) is 2.53. The van der Waals surface area contributed by atoms with Gasteiger partial charge in [-0.25, -0.2) is 14.6 Å². The first-order chi connectivity index (χ1) is 22.7. The number of pyridine rings is 1. The summed E-state index contributed by atoms with van der Waals surface area (Å²) in [5, 5.41) is 15.9. The number of nitrogens with two attached hydrogens (primary N) is 1. The number of carbonyl (C=O) groups excluding carboxylic acids is 4. The van der Waals surface area contributed by atoms with Gasteiger partial charge < -0.3 is 30.5 Å². The highest BCUT2D eigenvalue weighted by atomic mass is 32.3. The summed E-state index contributed by atoms with van der Waals surface area (Å²) in [5.41, 5.74) is 6.41. The first-order valence-electron chi connectivity index (χ1n) is 13.9. The molecule has 0 saturated carbocycles. The van der Waals surface area contributed by atoms with Crippen molar-refractivity contribution in [1.29, 1.82) is 0 Å². The van der Waals surface area contributed by atoms with E-state index in [1.165, 1.54) is 29.0 Å². The van der Waals surface area contributed by atoms with Crippen LogP contribution in [-0.2, 0) is 39.0 Å². The lowest BCUT2D eigenvalue weighted by Gasteiger charge is -2.49. The molecule has 0 aromatic carbocycles. The number of aromatic nitrogens is 2. The van der Waals surface area contributed by atoms with Crippen LogP contribution in [0.15, 0.2) is 52.4 Å². The van der Waals surface area contributed by atoms with Gasteiger partial charge in [0.2, 0.25) is 6.29 Å². The fraction of sp³-hybridized carbons (Fsp3) is 0.370. The molecule has 1 fully saturated rings. The Kier molecular flexibility index (Phi) is 13.4. The lowest BCUT2D eigenvalue weighted by Crippen LogP contribution is -2.71. The summed E-state index contributed by atoms with van der Waals surface area (Å²) in [4.78, 5) is 61.0. The number of thiazole rings is 1. The van der Waals surface area contributed by atoms with Crippen LogP contribution in [0.25, 0.3) is 6.08 Å². The van der Waals surface area contributed by atoms with E-state index in [1.807, 2.05) is 19.9 Å². The van der Waals surface area contributed by atoms with Gasteiger partial charge in [0, 0.05) is 30.5 Å². The maximum absolute atomic E-state index is 13.4. The molecule has 0 spiro atoms. The maximum atomic E-state index is 13.4. The van der Waals surface area contributed by atoms with Crippen LogP contribution in [0.1, 0.15) is 44.9 Å². The molecular formula is C27H32N6O12S3. The molecule has 2 aromatic heterocycles. The van der Waals surface area contributed by atoms with Crippen LogP contribution in [0.4, 0.5) is 9.93 Å². The number of nitrogens with zero attached hydrogens (tertiary/aromatic N) is 4. The second-order valence-corrected chi connectivity index (χ2v) is 12.6. The molecule has 0 radical (unpaired) electrons. The monoisotopic (exact) mass is 728 g/mol. The van der Waals surface area contributed by atoms with Gasteiger partial charge in [-0.1, -0.05) is 37.2 Å². The Bertz CT molecular complexity index is 1680. The summed E-state index contributed by atoms with van der Waals surface area (Å²) >= 11 is 2.36. The number of nitrogens with one attached hydrogen (secondary N) is 1. The number of ether oxygens (including phenoxy) is 3. The largest absolute Gasteiger partial charge is 0.511 e. The van der Waals surface area contributed by atoms with Crippen molar-refractivity contribution in [3.63, 3.8) is 0 Å². The van der Waals surface area contributed by atoms with Crippen molar-refractivity contribution in [3.05, 3.63) is 58.5 Å². The smallest absolute Gasteiger partial charge is 0.431 e. The molecule has 2 aliphatic heterocycles. The number of oxime groups is 1. The van der Waals surface area contributed by atoms with E-state index >= 15 is 0 Å². The van der Waals surface area contributed by atoms with Gasteiger partial charge in [0.05, 0.1) is 0 Å². The van der Waals surface area contributed by atoms with Gasteiger partial charge in [-0.2, -0.15) is 8.42 Å². The van der Waals surface area contributed by atoms with Crippen molar-refractivity contribution >= 4 is 74.4 Å². The number of hydrogen-bond donors (Lipinski definition) is 5. The Hall–Kier alpha value is -4.57. The quantitative estimate of drug-likeness (QED) is 0.0422. The second-order valence-electron chi connectivity index (χ2n) is 9.72. The zero-order chi connectivity index (χ0) is 35.6. The van der Waals surface area contributed by atoms with Gasteiger partial charge in [0.1, 0.15) is 28.9 Å². The zero-order valence-electron chi connectivity index (χ0n) is 25.6. The first kappa shape index (κ1) is 37.9. The third-order valence-electron chi connectivity index (χ3n) is 6.43. The molecule has 0 bridgehead atoms. The number of esters is 1. The van der Waals surface area contributed by atoms with E-state index in [-0.39, 0.29) is 28.4 Å². The van der Waals surface area contributed by atoms with E-state index in [0.717, 1.165) is 16.9 Å². The molecule has 2 aromatic rings. The lowest BCUT2D eigenvalue weighted by molar-refractivity contribution is -0.169. The van der Waals surface area contributed by atoms with Crippen LogP contribution in [0.2, 0.25) is 0 Å². The van der Waals surface area contributed by atoms with Gasteiger partial charge in [-0.3, -0.25) is 28.6 Å². The van der Waals surface area contributed by atoms with Crippen molar-refractivity contribution < 1.29 is 56.1 Å². The topological polar surface area (TPSA) is 270 Å². The Morgan fingerprint density at radius 3 is 2.46 bits per heavy atom. The van der Waals surface area contributed by atoms with Gasteiger partial charge in [0.25, 0.3) is 11.8 Å². The van der Waals surface area contributed by atoms with Crippen LogP contribution in [0.3, 0.4) is 0 Å². The molecule has 1 saturated heterocycles. The van der Waals surface area contributed by atoms with Gasteiger partial charge in [-0.05, 0) is 30.0 Å². The summed E-state index contributed by atoms with van der Waals surface area (Å²) in [5.74, 6) is -2.08. The van der Waals surface area contributed by atoms with Crippen LogP contribution in [-0.4, -0.2) is 96.8 Å². The molecule has 1 unspecified atom stereocenters. The number of allylic oxidation sites excluding steroid dienone is 1. The SMILES string of the molecule is CCC(CC)OC(=O)OC(C)OC(=O)C1=C(/C=C\c2cccnc2)CS[C@H]2[C@H](NC(=O)C(=NO)c3csc(N)n3)C(=O)N12.O=S(=O)(O)O. The number of fused-ring (bicyclic) bond motifs is 1. The predicted molar refractivity (Wildman–Crippen MR) is 172 cm³/mol. The zero-order valence-corrected chi connectivity index (χ0v) is 28.0. The highest BCUT2D eigenvalue weighted by molar-refractivity contribution is 8.00. The molecule has 0 aliphatic carbocycles. The van der Waals surface area contributed by atoms with Crippen LogP contribution < -0.4 is 11.1 Å². The highest BCUT2D eigenvalue weighted by Crippen LogP contribution is 2.41. The molecule has 2 aliphatic rings. The van der Waals surface area contributed by atoms with E-state index < -0.39 is 57.8 Å². The fourth-order valence-electron chi connectivity index (χ4n) is 4.24. The normalized spacial score (nSPS) is 18.3. The van der Waals surface area contributed by atoms with Crippen molar-refractivity contribution in [2.24, 2.45) is 5.16 Å². The molecular weight excluding hydrogens is 697 g/mol. The van der Waals surface area contributed by atoms with Crippen LogP contribution in [0.5, 0.6) is 0 Å². The minimum absolute atomic E-state index is 0.0473. The van der Waals surface area contributed by atoms with Gasteiger partial charge in [0.15, 0.2) is 10.8 Å². The predicted octanol–water partition coefficient (Wildman–Crippen LogP) is 2.24. The number of rotatable bonds is 11. The van der Waals surface area contributed by atoms with Crippen LogP contribution in [0, 0.1) is 0 Å². The Balaban J connectivity index is 0.00000116. The lowest BCUT2D eigenvalue weighted by atomic mass is 10.0. The van der Waals surface area contributed by atoms with E-state index in [0.29, 0.717) is 18.4 Å². The number of hydrogen-bond acceptors (Lipinski definition) is 16. The number of carbonyl (C=O) groups is 4. The summed E-state index contributed by atoms with van der Waals surface area (Å²) < 4.78 is 47.3. The minimum Gasteiger partial charge on any atom is -0.431 e. The molecule has 4 rings (SSSR count). The summed E-state index contributed by atoms with van der Waals surface area (Å²) in [7, 11) is -4.67. The molecule has 21 heteroatoms. The van der Waals surface area contributed by atoms with E-state index in [9.17, 15) is 24.4 Å². The summed E-state index contributed by atoms with van der Waals surface area (Å²) in [6.45, 7) is 5.08. The maximum Gasteiger partial charge on any atom is 0.511 e. The standard InChI is InChI=1S/C27H30N6O8S2.H2O4S/c1-4-17(5-2)41-27(37)40-14(3)39-25(36)21-16(9-8-15-7-6-10-29-11-15)12-42-24-20(23(35)33(21)24)31-22(34)19(32-38)18-13-43-26(28)30-18;1-5(2,3)4/h6-11,13-14,17,20,24,38H,4-5,12H2,1-3H3,(H2,28,30)(H,31,34);(H2,1,2,3,4)/b9-8-,32-19?;/t14?,20-,24+;/m1./s1.